The summed E-state index contributed by atoms with van der Waals surface area (Å²) < 4.78 is 1.77. The summed E-state index contributed by atoms with van der Waals surface area (Å²) in [5.74, 6) is 0.594. The lowest BCUT2D eigenvalue weighted by Gasteiger charge is -2.33. The summed E-state index contributed by atoms with van der Waals surface area (Å²) in [6.07, 6.45) is 3.28. The first-order chi connectivity index (χ1) is 12.5. The topological polar surface area (TPSA) is 41.4 Å². The number of nitrogens with zero attached hydrogens (tertiary/aromatic N) is 4. The number of benzene rings is 1. The molecule has 0 saturated carbocycles. The van der Waals surface area contributed by atoms with Crippen molar-refractivity contribution in [3.8, 4) is 0 Å². The van der Waals surface area contributed by atoms with Crippen LogP contribution < -0.4 is 0 Å². The van der Waals surface area contributed by atoms with Gasteiger partial charge in [0.1, 0.15) is 0 Å². The van der Waals surface area contributed by atoms with E-state index in [9.17, 15) is 4.79 Å². The van der Waals surface area contributed by atoms with Crippen LogP contribution in [0.15, 0.2) is 36.4 Å². The van der Waals surface area contributed by atoms with Gasteiger partial charge < -0.3 is 9.80 Å². The number of rotatable bonds is 6. The fourth-order valence-electron chi connectivity index (χ4n) is 3.75. The smallest absolute Gasteiger partial charge is 0.274 e. The minimum atomic E-state index is 0.0536. The normalized spacial score (nSPS) is 18.0. The number of aromatic nitrogens is 2. The Morgan fingerprint density at radius 2 is 2.04 bits per heavy atom. The van der Waals surface area contributed by atoms with E-state index in [2.05, 4.69) is 41.3 Å². The first-order valence-electron chi connectivity index (χ1n) is 9.55. The number of piperidine rings is 1. The highest BCUT2D eigenvalue weighted by Gasteiger charge is 2.25. The number of amides is 1. The molecule has 1 aromatic heterocycles. The minimum Gasteiger partial charge on any atom is -0.337 e. The molecule has 1 amide bonds. The molecule has 1 aromatic carbocycles. The van der Waals surface area contributed by atoms with E-state index < -0.39 is 0 Å². The Morgan fingerprint density at radius 3 is 2.69 bits per heavy atom. The molecule has 2 heterocycles. The Morgan fingerprint density at radius 1 is 1.27 bits per heavy atom. The molecule has 0 N–H and O–H groups in total. The molecule has 0 aliphatic carbocycles. The van der Waals surface area contributed by atoms with Crippen molar-refractivity contribution in [3.05, 3.63) is 53.3 Å². The van der Waals surface area contributed by atoms with Crippen LogP contribution in [0.3, 0.4) is 0 Å². The van der Waals surface area contributed by atoms with Crippen LogP contribution in [0.1, 0.15) is 34.6 Å². The van der Waals surface area contributed by atoms with Crippen molar-refractivity contribution >= 4 is 5.91 Å². The number of likely N-dealkylation sites (tertiary alicyclic amines) is 1. The van der Waals surface area contributed by atoms with Gasteiger partial charge in [0.25, 0.3) is 5.91 Å². The van der Waals surface area contributed by atoms with Crippen LogP contribution in [0, 0.1) is 12.8 Å². The Bertz CT molecular complexity index is 705. The highest BCUT2D eigenvalue weighted by Crippen LogP contribution is 2.18. The van der Waals surface area contributed by atoms with Crippen LogP contribution in [0.4, 0.5) is 0 Å². The Balaban J connectivity index is 1.72. The second kappa shape index (κ2) is 8.49. The molecule has 0 bridgehead atoms. The van der Waals surface area contributed by atoms with Crippen molar-refractivity contribution in [1.29, 1.82) is 0 Å². The van der Waals surface area contributed by atoms with Gasteiger partial charge >= 0.3 is 0 Å². The summed E-state index contributed by atoms with van der Waals surface area (Å²) in [7, 11) is 4.06. The number of carbonyl (C=O) groups is 1. The maximum Gasteiger partial charge on any atom is 0.274 e. The summed E-state index contributed by atoms with van der Waals surface area (Å²) in [4.78, 5) is 17.5. The molecule has 3 rings (SSSR count). The Hall–Kier alpha value is -2.14. The van der Waals surface area contributed by atoms with Crippen molar-refractivity contribution in [2.24, 2.45) is 13.0 Å². The minimum absolute atomic E-state index is 0.0536. The number of aryl methyl sites for hydroxylation is 2. The molecule has 1 aliphatic rings. The average Bonchev–Trinajstić information content (AvgIpc) is 2.98. The van der Waals surface area contributed by atoms with Gasteiger partial charge in [-0.25, -0.2) is 0 Å². The highest BCUT2D eigenvalue weighted by atomic mass is 16.2. The summed E-state index contributed by atoms with van der Waals surface area (Å²) in [6, 6.07) is 12.3. The standard InChI is InChI=1S/C21H30N4O/c1-17-14-20(22-24(17)3)21(26)25(13-11-18-8-5-4-6-9-18)16-19-10-7-12-23(2)15-19/h4-6,8-9,14,19H,7,10-13,15-16H2,1-3H3/t19-/m1/s1. The molecule has 1 saturated heterocycles. The molecule has 5 nitrogen and oxygen atoms in total. The van der Waals surface area contributed by atoms with Crippen LogP contribution in [0.5, 0.6) is 0 Å². The summed E-state index contributed by atoms with van der Waals surface area (Å²) >= 11 is 0. The summed E-state index contributed by atoms with van der Waals surface area (Å²) in [5, 5.41) is 4.41. The lowest BCUT2D eigenvalue weighted by atomic mass is 9.97. The molecule has 140 valence electrons. The SMILES string of the molecule is Cc1cc(C(=O)N(CCc2ccccc2)C[C@@H]2CCCN(C)C2)nn1C. The monoisotopic (exact) mass is 354 g/mol. The molecule has 0 spiro atoms. The summed E-state index contributed by atoms with van der Waals surface area (Å²) in [6.45, 7) is 5.75. The van der Waals surface area contributed by atoms with E-state index in [1.165, 1.54) is 18.4 Å². The zero-order chi connectivity index (χ0) is 18.5. The molecule has 2 aromatic rings. The molecular formula is C21H30N4O. The zero-order valence-corrected chi connectivity index (χ0v) is 16.2. The molecule has 1 atom stereocenters. The van der Waals surface area contributed by atoms with Crippen molar-refractivity contribution in [2.75, 3.05) is 33.2 Å². The van der Waals surface area contributed by atoms with Crippen molar-refractivity contribution < 1.29 is 4.79 Å². The molecule has 0 radical (unpaired) electrons. The van der Waals surface area contributed by atoms with E-state index in [0.29, 0.717) is 11.6 Å². The van der Waals surface area contributed by atoms with Gasteiger partial charge in [-0.3, -0.25) is 9.48 Å². The van der Waals surface area contributed by atoms with Gasteiger partial charge in [-0.1, -0.05) is 30.3 Å². The van der Waals surface area contributed by atoms with E-state index in [-0.39, 0.29) is 5.91 Å². The average molecular weight is 354 g/mol. The molecule has 26 heavy (non-hydrogen) atoms. The quantitative estimate of drug-likeness (QED) is 0.801. The molecule has 1 aliphatic heterocycles. The maximum atomic E-state index is 13.1. The zero-order valence-electron chi connectivity index (χ0n) is 16.2. The Kier molecular flexibility index (Phi) is 6.09. The van der Waals surface area contributed by atoms with Gasteiger partial charge in [-0.05, 0) is 57.3 Å². The predicted molar refractivity (Wildman–Crippen MR) is 104 cm³/mol. The Labute approximate surface area is 156 Å². The first-order valence-corrected chi connectivity index (χ1v) is 9.55. The third-order valence-corrected chi connectivity index (χ3v) is 5.33. The van der Waals surface area contributed by atoms with E-state index in [4.69, 9.17) is 0 Å². The van der Waals surface area contributed by atoms with E-state index in [1.807, 2.05) is 31.0 Å². The first kappa shape index (κ1) is 18.6. The lowest BCUT2D eigenvalue weighted by molar-refractivity contribution is 0.0686. The van der Waals surface area contributed by atoms with E-state index in [0.717, 1.165) is 38.3 Å². The second-order valence-corrected chi connectivity index (χ2v) is 7.55. The van der Waals surface area contributed by atoms with Crippen molar-refractivity contribution in [2.45, 2.75) is 26.2 Å². The van der Waals surface area contributed by atoms with Gasteiger partial charge in [0, 0.05) is 32.4 Å². The molecule has 1 fully saturated rings. The van der Waals surface area contributed by atoms with Crippen LogP contribution in [0.25, 0.3) is 0 Å². The fraction of sp³-hybridized carbons (Fsp3) is 0.524. The molecule has 0 unspecified atom stereocenters. The fourth-order valence-corrected chi connectivity index (χ4v) is 3.75. The molecule has 5 heteroatoms. The number of hydrogen-bond acceptors (Lipinski definition) is 3. The van der Waals surface area contributed by atoms with Gasteiger partial charge in [0.15, 0.2) is 5.69 Å². The third-order valence-electron chi connectivity index (χ3n) is 5.33. The largest absolute Gasteiger partial charge is 0.337 e. The maximum absolute atomic E-state index is 13.1. The van der Waals surface area contributed by atoms with Crippen molar-refractivity contribution in [1.82, 2.24) is 19.6 Å². The highest BCUT2D eigenvalue weighted by molar-refractivity contribution is 5.92. The van der Waals surface area contributed by atoms with Crippen LogP contribution in [-0.2, 0) is 13.5 Å². The van der Waals surface area contributed by atoms with Crippen molar-refractivity contribution in [3.63, 3.8) is 0 Å². The number of carbonyl (C=O) groups excluding carboxylic acids is 1. The van der Waals surface area contributed by atoms with Crippen LogP contribution in [-0.4, -0.2) is 58.7 Å². The van der Waals surface area contributed by atoms with E-state index >= 15 is 0 Å². The molecular weight excluding hydrogens is 324 g/mol. The third kappa shape index (κ3) is 4.73. The van der Waals surface area contributed by atoms with Gasteiger partial charge in [0.2, 0.25) is 0 Å². The van der Waals surface area contributed by atoms with Gasteiger partial charge in [0.05, 0.1) is 0 Å². The van der Waals surface area contributed by atoms with Gasteiger partial charge in [-0.2, -0.15) is 5.10 Å². The van der Waals surface area contributed by atoms with E-state index in [1.54, 1.807) is 4.68 Å². The van der Waals surface area contributed by atoms with Gasteiger partial charge in [-0.15, -0.1) is 0 Å². The summed E-state index contributed by atoms with van der Waals surface area (Å²) in [5.41, 5.74) is 2.83. The lowest BCUT2D eigenvalue weighted by Crippen LogP contribution is -2.42. The van der Waals surface area contributed by atoms with Crippen LogP contribution >= 0.6 is 0 Å². The predicted octanol–water partition coefficient (Wildman–Crippen LogP) is 2.76. The van der Waals surface area contributed by atoms with Crippen LogP contribution in [0.2, 0.25) is 0 Å². The second-order valence-electron chi connectivity index (χ2n) is 7.55. The number of hydrogen-bond donors (Lipinski definition) is 0.